The van der Waals surface area contributed by atoms with Crippen molar-refractivity contribution in [3.63, 3.8) is 0 Å². The van der Waals surface area contributed by atoms with Crippen molar-refractivity contribution >= 4 is 54.9 Å². The number of benzene rings is 2. The largest absolute Gasteiger partial charge is 0.322 e. The molecule has 0 spiro atoms. The van der Waals surface area contributed by atoms with E-state index in [2.05, 4.69) is 10.3 Å². The fourth-order valence-electron chi connectivity index (χ4n) is 2.82. The number of sulfonamides is 1. The number of halogens is 1. The zero-order valence-corrected chi connectivity index (χ0v) is 18.5. The van der Waals surface area contributed by atoms with E-state index < -0.39 is 26.6 Å². The van der Waals surface area contributed by atoms with Gasteiger partial charge in [-0.15, -0.1) is 11.3 Å². The molecule has 0 saturated carbocycles. The molecule has 0 radical (unpaired) electrons. The standard InChI is InChI=1S/C19H20FN3O3S3/c1-4-23(5-2)29(25,26)17-10-12(6-8-14(17)20)18(24)21-13-7-9-15-16(11-13)28-19(22-15)27-3/h6-11H,4-5H2,1-3H3,(H,21,24). The van der Waals surface area contributed by atoms with Crippen molar-refractivity contribution in [1.29, 1.82) is 0 Å². The summed E-state index contributed by atoms with van der Waals surface area (Å²) in [5.74, 6) is -1.40. The van der Waals surface area contributed by atoms with Crippen LogP contribution in [-0.4, -0.2) is 43.0 Å². The van der Waals surface area contributed by atoms with E-state index in [1.54, 1.807) is 31.7 Å². The van der Waals surface area contributed by atoms with Crippen molar-refractivity contribution in [3.8, 4) is 0 Å². The molecule has 0 aliphatic rings. The molecule has 1 aromatic heterocycles. The molecule has 1 heterocycles. The quantitative estimate of drug-likeness (QED) is 0.535. The third-order valence-electron chi connectivity index (χ3n) is 4.32. The number of aromatic nitrogens is 1. The van der Waals surface area contributed by atoms with Gasteiger partial charge in [-0.2, -0.15) is 4.31 Å². The summed E-state index contributed by atoms with van der Waals surface area (Å²) in [6.45, 7) is 3.77. The van der Waals surface area contributed by atoms with Crippen LogP contribution in [0.5, 0.6) is 0 Å². The Kier molecular flexibility index (Phi) is 6.57. The smallest absolute Gasteiger partial charge is 0.255 e. The minimum Gasteiger partial charge on any atom is -0.322 e. The second-order valence-corrected chi connectivity index (χ2v) is 10.0. The summed E-state index contributed by atoms with van der Waals surface area (Å²) in [5.41, 5.74) is 1.45. The molecule has 1 amide bonds. The molecular formula is C19H20FN3O3S3. The normalized spacial score (nSPS) is 11.9. The first kappa shape index (κ1) is 21.7. The Balaban J connectivity index is 1.90. The van der Waals surface area contributed by atoms with Gasteiger partial charge in [0, 0.05) is 24.3 Å². The maximum Gasteiger partial charge on any atom is 0.255 e. The molecule has 0 aliphatic carbocycles. The van der Waals surface area contributed by atoms with E-state index in [0.29, 0.717) is 5.69 Å². The van der Waals surface area contributed by atoms with Crippen LogP contribution in [0.1, 0.15) is 24.2 Å². The van der Waals surface area contributed by atoms with Crippen LogP contribution in [0.2, 0.25) is 0 Å². The molecule has 0 atom stereocenters. The highest BCUT2D eigenvalue weighted by atomic mass is 32.2. The van der Waals surface area contributed by atoms with Crippen LogP contribution in [0.4, 0.5) is 10.1 Å². The molecule has 0 bridgehead atoms. The average molecular weight is 454 g/mol. The number of hydrogen-bond acceptors (Lipinski definition) is 6. The van der Waals surface area contributed by atoms with E-state index in [1.165, 1.54) is 17.4 Å². The Bertz CT molecular complexity index is 1160. The van der Waals surface area contributed by atoms with E-state index >= 15 is 0 Å². The number of rotatable bonds is 7. The highest BCUT2D eigenvalue weighted by Gasteiger charge is 2.26. The van der Waals surface area contributed by atoms with E-state index in [1.807, 2.05) is 18.4 Å². The van der Waals surface area contributed by atoms with Crippen molar-refractivity contribution in [3.05, 3.63) is 47.8 Å². The van der Waals surface area contributed by atoms with Crippen LogP contribution < -0.4 is 5.32 Å². The molecule has 0 unspecified atom stereocenters. The number of carbonyl (C=O) groups is 1. The van der Waals surface area contributed by atoms with Crippen molar-refractivity contribution < 1.29 is 17.6 Å². The highest BCUT2D eigenvalue weighted by molar-refractivity contribution is 8.00. The molecular weight excluding hydrogens is 433 g/mol. The summed E-state index contributed by atoms with van der Waals surface area (Å²) < 4.78 is 42.6. The van der Waals surface area contributed by atoms with Crippen LogP contribution in [0.15, 0.2) is 45.6 Å². The Labute approximate surface area is 177 Å². The number of anilines is 1. The highest BCUT2D eigenvalue weighted by Crippen LogP contribution is 2.30. The summed E-state index contributed by atoms with van der Waals surface area (Å²) in [4.78, 5) is 16.6. The molecule has 154 valence electrons. The van der Waals surface area contributed by atoms with Gasteiger partial charge in [-0.1, -0.05) is 25.6 Å². The Morgan fingerprint density at radius 3 is 2.59 bits per heavy atom. The number of hydrogen-bond donors (Lipinski definition) is 1. The predicted octanol–water partition coefficient (Wildman–Crippen LogP) is 4.44. The first-order valence-corrected chi connectivity index (χ1v) is 12.3. The van der Waals surface area contributed by atoms with Gasteiger partial charge in [-0.05, 0) is 42.7 Å². The van der Waals surface area contributed by atoms with Crippen LogP contribution in [-0.2, 0) is 10.0 Å². The number of amides is 1. The summed E-state index contributed by atoms with van der Waals surface area (Å²) in [5, 5.41) is 2.74. The van der Waals surface area contributed by atoms with Crippen molar-refractivity contribution in [1.82, 2.24) is 9.29 Å². The predicted molar refractivity (Wildman–Crippen MR) is 116 cm³/mol. The van der Waals surface area contributed by atoms with Crippen LogP contribution in [0.3, 0.4) is 0 Å². The number of thioether (sulfide) groups is 1. The lowest BCUT2D eigenvalue weighted by molar-refractivity contribution is 0.102. The second-order valence-electron chi connectivity index (χ2n) is 6.06. The number of thiazole rings is 1. The van der Waals surface area contributed by atoms with Gasteiger partial charge < -0.3 is 5.32 Å². The minimum absolute atomic E-state index is 0.0614. The summed E-state index contributed by atoms with van der Waals surface area (Å²) in [7, 11) is -4.02. The maximum atomic E-state index is 14.3. The maximum absolute atomic E-state index is 14.3. The lowest BCUT2D eigenvalue weighted by atomic mass is 10.2. The van der Waals surface area contributed by atoms with Gasteiger partial charge in [0.15, 0.2) is 4.34 Å². The molecule has 0 fully saturated rings. The van der Waals surface area contributed by atoms with Crippen LogP contribution >= 0.6 is 23.1 Å². The van der Waals surface area contributed by atoms with Gasteiger partial charge in [-0.25, -0.2) is 17.8 Å². The molecule has 2 aromatic carbocycles. The van der Waals surface area contributed by atoms with Crippen LogP contribution in [0, 0.1) is 5.82 Å². The lowest BCUT2D eigenvalue weighted by Gasteiger charge is -2.19. The van der Waals surface area contributed by atoms with Gasteiger partial charge in [0.1, 0.15) is 10.7 Å². The van der Waals surface area contributed by atoms with Crippen molar-refractivity contribution in [2.75, 3.05) is 24.7 Å². The van der Waals surface area contributed by atoms with Crippen LogP contribution in [0.25, 0.3) is 10.2 Å². The van der Waals surface area contributed by atoms with E-state index in [0.717, 1.165) is 31.0 Å². The Morgan fingerprint density at radius 1 is 1.21 bits per heavy atom. The Hall–Kier alpha value is -2.01. The fraction of sp³-hybridized carbons (Fsp3) is 0.263. The molecule has 6 nitrogen and oxygen atoms in total. The first-order valence-electron chi connectivity index (χ1n) is 8.85. The number of nitrogens with zero attached hydrogens (tertiary/aromatic N) is 2. The average Bonchev–Trinajstić information content (AvgIpc) is 3.11. The molecule has 0 aliphatic heterocycles. The van der Waals surface area contributed by atoms with Crippen molar-refractivity contribution in [2.24, 2.45) is 0 Å². The monoisotopic (exact) mass is 453 g/mol. The molecule has 3 aromatic rings. The van der Waals surface area contributed by atoms with E-state index in [4.69, 9.17) is 0 Å². The third-order valence-corrected chi connectivity index (χ3v) is 8.39. The summed E-state index contributed by atoms with van der Waals surface area (Å²) in [6.07, 6.45) is 1.94. The SMILES string of the molecule is CCN(CC)S(=O)(=O)c1cc(C(=O)Nc2ccc3nc(SC)sc3c2)ccc1F. The first-order chi connectivity index (χ1) is 13.8. The van der Waals surface area contributed by atoms with Gasteiger partial charge in [0.25, 0.3) is 5.91 Å². The minimum atomic E-state index is -4.02. The van der Waals surface area contributed by atoms with Gasteiger partial charge in [-0.3, -0.25) is 4.79 Å². The molecule has 1 N–H and O–H groups in total. The van der Waals surface area contributed by atoms with Crippen molar-refractivity contribution in [2.45, 2.75) is 23.1 Å². The summed E-state index contributed by atoms with van der Waals surface area (Å²) in [6, 6.07) is 8.69. The van der Waals surface area contributed by atoms with Gasteiger partial charge in [0.05, 0.1) is 10.2 Å². The fourth-order valence-corrected chi connectivity index (χ4v) is 5.89. The van der Waals surface area contributed by atoms with E-state index in [9.17, 15) is 17.6 Å². The molecule has 3 rings (SSSR count). The Morgan fingerprint density at radius 2 is 1.93 bits per heavy atom. The van der Waals surface area contributed by atoms with Gasteiger partial charge in [0.2, 0.25) is 10.0 Å². The number of carbonyl (C=O) groups excluding carboxylic acids is 1. The molecule has 10 heteroatoms. The zero-order chi connectivity index (χ0) is 21.2. The zero-order valence-electron chi connectivity index (χ0n) is 16.1. The topological polar surface area (TPSA) is 79.4 Å². The van der Waals surface area contributed by atoms with E-state index in [-0.39, 0.29) is 18.7 Å². The second kappa shape index (κ2) is 8.78. The number of nitrogens with one attached hydrogen (secondary N) is 1. The molecule has 29 heavy (non-hydrogen) atoms. The third kappa shape index (κ3) is 4.45. The van der Waals surface area contributed by atoms with Gasteiger partial charge >= 0.3 is 0 Å². The lowest BCUT2D eigenvalue weighted by Crippen LogP contribution is -2.31. The summed E-state index contributed by atoms with van der Waals surface area (Å²) >= 11 is 3.06. The molecule has 0 saturated heterocycles. The number of fused-ring (bicyclic) bond motifs is 1.